The lowest BCUT2D eigenvalue weighted by atomic mass is 10.1. The highest BCUT2D eigenvalue weighted by atomic mass is 16.5. The van der Waals surface area contributed by atoms with Crippen LogP contribution in [-0.4, -0.2) is 18.5 Å². The molecule has 0 aliphatic carbocycles. The van der Waals surface area contributed by atoms with Crippen LogP contribution >= 0.6 is 0 Å². The number of ketones is 1. The molecule has 1 aliphatic heterocycles. The standard InChI is InChI=1S/C8H12O2/c1-2-3-8-5-4-7(9)6-10-8/h2,8H,1,3-6H2/t8-/m0/s1. The summed E-state index contributed by atoms with van der Waals surface area (Å²) in [4.78, 5) is 10.7. The van der Waals surface area contributed by atoms with Crippen LogP contribution in [-0.2, 0) is 9.53 Å². The molecule has 0 aromatic rings. The fourth-order valence-electron chi connectivity index (χ4n) is 1.06. The molecule has 0 aromatic carbocycles. The number of carbonyl (C=O) groups is 1. The van der Waals surface area contributed by atoms with Crippen LogP contribution in [0.15, 0.2) is 12.7 Å². The van der Waals surface area contributed by atoms with Crippen molar-refractivity contribution in [2.24, 2.45) is 0 Å². The highest BCUT2D eigenvalue weighted by molar-refractivity contribution is 5.80. The molecule has 0 spiro atoms. The molecule has 1 aliphatic rings. The van der Waals surface area contributed by atoms with Gasteiger partial charge in [-0.2, -0.15) is 0 Å². The van der Waals surface area contributed by atoms with E-state index in [0.29, 0.717) is 13.0 Å². The molecule has 1 heterocycles. The van der Waals surface area contributed by atoms with Gasteiger partial charge in [0.05, 0.1) is 6.10 Å². The Morgan fingerprint density at radius 2 is 2.60 bits per heavy atom. The van der Waals surface area contributed by atoms with Crippen LogP contribution in [0.2, 0.25) is 0 Å². The molecule has 0 unspecified atom stereocenters. The van der Waals surface area contributed by atoms with Crippen LogP contribution in [0.1, 0.15) is 19.3 Å². The van der Waals surface area contributed by atoms with Gasteiger partial charge in [-0.25, -0.2) is 0 Å². The summed E-state index contributed by atoms with van der Waals surface area (Å²) in [6.07, 6.45) is 4.49. The Morgan fingerprint density at radius 1 is 1.80 bits per heavy atom. The van der Waals surface area contributed by atoms with E-state index in [0.717, 1.165) is 12.8 Å². The first-order chi connectivity index (χ1) is 4.83. The predicted molar refractivity (Wildman–Crippen MR) is 38.8 cm³/mol. The van der Waals surface area contributed by atoms with Gasteiger partial charge in [-0.05, 0) is 12.8 Å². The maximum Gasteiger partial charge on any atom is 0.158 e. The molecule has 1 atom stereocenters. The highest BCUT2D eigenvalue weighted by Crippen LogP contribution is 2.13. The molecule has 1 rings (SSSR count). The Kier molecular flexibility index (Phi) is 2.63. The average Bonchev–Trinajstić information content (AvgIpc) is 1.95. The van der Waals surface area contributed by atoms with Gasteiger partial charge in [0.15, 0.2) is 5.78 Å². The zero-order valence-corrected chi connectivity index (χ0v) is 6.01. The lowest BCUT2D eigenvalue weighted by molar-refractivity contribution is -0.131. The summed E-state index contributed by atoms with van der Waals surface area (Å²) in [5.74, 6) is 0.223. The number of rotatable bonds is 2. The van der Waals surface area contributed by atoms with Crippen LogP contribution in [0.25, 0.3) is 0 Å². The molecule has 0 bridgehead atoms. The van der Waals surface area contributed by atoms with Crippen LogP contribution in [0, 0.1) is 0 Å². The van der Waals surface area contributed by atoms with Crippen molar-refractivity contribution in [1.82, 2.24) is 0 Å². The van der Waals surface area contributed by atoms with Crippen LogP contribution in [0.3, 0.4) is 0 Å². The fraction of sp³-hybridized carbons (Fsp3) is 0.625. The quantitative estimate of drug-likeness (QED) is 0.540. The maximum absolute atomic E-state index is 10.7. The molecule has 0 amide bonds. The number of ether oxygens (including phenoxy) is 1. The Balaban J connectivity index is 2.25. The van der Waals surface area contributed by atoms with Crippen LogP contribution < -0.4 is 0 Å². The van der Waals surface area contributed by atoms with Crippen molar-refractivity contribution in [2.75, 3.05) is 6.61 Å². The molecule has 0 N–H and O–H groups in total. The molecule has 1 fully saturated rings. The first-order valence-electron chi connectivity index (χ1n) is 3.57. The maximum atomic E-state index is 10.7. The second-order valence-corrected chi connectivity index (χ2v) is 2.53. The van der Waals surface area contributed by atoms with Gasteiger partial charge in [-0.15, -0.1) is 6.58 Å². The molecular weight excluding hydrogens is 128 g/mol. The third kappa shape index (κ3) is 1.95. The summed E-state index contributed by atoms with van der Waals surface area (Å²) in [6.45, 7) is 3.91. The lowest BCUT2D eigenvalue weighted by Gasteiger charge is -2.19. The Morgan fingerprint density at radius 3 is 3.10 bits per heavy atom. The lowest BCUT2D eigenvalue weighted by Crippen LogP contribution is -2.25. The Bertz CT molecular complexity index is 130. The third-order valence-corrected chi connectivity index (χ3v) is 1.65. The van der Waals surface area contributed by atoms with E-state index in [2.05, 4.69) is 6.58 Å². The number of carbonyl (C=O) groups excluding carboxylic acids is 1. The van der Waals surface area contributed by atoms with Gasteiger partial charge in [0, 0.05) is 6.42 Å². The Hall–Kier alpha value is -0.630. The molecule has 1 saturated heterocycles. The van der Waals surface area contributed by atoms with Gasteiger partial charge in [0.2, 0.25) is 0 Å². The molecule has 2 heteroatoms. The normalized spacial score (nSPS) is 26.4. The summed E-state index contributed by atoms with van der Waals surface area (Å²) < 4.78 is 5.21. The van der Waals surface area contributed by atoms with E-state index in [1.165, 1.54) is 0 Å². The molecular formula is C8H12O2. The second kappa shape index (κ2) is 3.52. The zero-order valence-electron chi connectivity index (χ0n) is 6.01. The minimum atomic E-state index is 0.223. The number of hydrogen-bond donors (Lipinski definition) is 0. The minimum Gasteiger partial charge on any atom is -0.370 e. The largest absolute Gasteiger partial charge is 0.370 e. The van der Waals surface area contributed by atoms with Crippen LogP contribution in [0.5, 0.6) is 0 Å². The van der Waals surface area contributed by atoms with E-state index in [9.17, 15) is 4.79 Å². The van der Waals surface area contributed by atoms with E-state index in [1.54, 1.807) is 0 Å². The van der Waals surface area contributed by atoms with E-state index in [-0.39, 0.29) is 11.9 Å². The minimum absolute atomic E-state index is 0.223. The Labute approximate surface area is 60.9 Å². The average molecular weight is 140 g/mol. The van der Waals surface area contributed by atoms with Gasteiger partial charge >= 0.3 is 0 Å². The van der Waals surface area contributed by atoms with Gasteiger partial charge in [0.25, 0.3) is 0 Å². The molecule has 2 nitrogen and oxygen atoms in total. The summed E-state index contributed by atoms with van der Waals surface area (Å²) in [5.41, 5.74) is 0. The second-order valence-electron chi connectivity index (χ2n) is 2.53. The highest BCUT2D eigenvalue weighted by Gasteiger charge is 2.17. The predicted octanol–water partition coefficient (Wildman–Crippen LogP) is 1.31. The van der Waals surface area contributed by atoms with Crippen molar-refractivity contribution in [3.8, 4) is 0 Å². The summed E-state index contributed by atoms with van der Waals surface area (Å²) in [5, 5.41) is 0. The van der Waals surface area contributed by atoms with Crippen molar-refractivity contribution in [1.29, 1.82) is 0 Å². The first-order valence-corrected chi connectivity index (χ1v) is 3.57. The van der Waals surface area contributed by atoms with E-state index in [4.69, 9.17) is 4.74 Å². The smallest absolute Gasteiger partial charge is 0.158 e. The molecule has 0 aromatic heterocycles. The van der Waals surface area contributed by atoms with Gasteiger partial charge in [-0.1, -0.05) is 6.08 Å². The van der Waals surface area contributed by atoms with Gasteiger partial charge < -0.3 is 4.74 Å². The summed E-state index contributed by atoms with van der Waals surface area (Å²) in [6, 6.07) is 0. The van der Waals surface area contributed by atoms with Crippen molar-refractivity contribution >= 4 is 5.78 Å². The van der Waals surface area contributed by atoms with Gasteiger partial charge in [0.1, 0.15) is 6.61 Å². The van der Waals surface area contributed by atoms with E-state index < -0.39 is 0 Å². The van der Waals surface area contributed by atoms with Crippen molar-refractivity contribution < 1.29 is 9.53 Å². The SMILES string of the molecule is C=CC[C@H]1CCC(=O)CO1. The topological polar surface area (TPSA) is 26.3 Å². The van der Waals surface area contributed by atoms with E-state index in [1.807, 2.05) is 6.08 Å². The number of Topliss-reactive ketones (excluding diaryl/α,β-unsaturated/α-hetero) is 1. The zero-order chi connectivity index (χ0) is 7.40. The number of hydrogen-bond acceptors (Lipinski definition) is 2. The van der Waals surface area contributed by atoms with Crippen molar-refractivity contribution in [3.63, 3.8) is 0 Å². The summed E-state index contributed by atoms with van der Waals surface area (Å²) in [7, 11) is 0. The van der Waals surface area contributed by atoms with Crippen molar-refractivity contribution in [3.05, 3.63) is 12.7 Å². The van der Waals surface area contributed by atoms with Crippen LogP contribution in [0.4, 0.5) is 0 Å². The molecule has 56 valence electrons. The van der Waals surface area contributed by atoms with Gasteiger partial charge in [-0.3, -0.25) is 4.79 Å². The first kappa shape index (κ1) is 7.48. The monoisotopic (exact) mass is 140 g/mol. The fourth-order valence-corrected chi connectivity index (χ4v) is 1.06. The van der Waals surface area contributed by atoms with Crippen molar-refractivity contribution in [2.45, 2.75) is 25.4 Å². The summed E-state index contributed by atoms with van der Waals surface area (Å²) >= 11 is 0. The molecule has 0 radical (unpaired) electrons. The molecule has 0 saturated carbocycles. The van der Waals surface area contributed by atoms with E-state index >= 15 is 0 Å². The third-order valence-electron chi connectivity index (χ3n) is 1.65. The molecule has 10 heavy (non-hydrogen) atoms.